The fourth-order valence-electron chi connectivity index (χ4n) is 2.05. The Balaban J connectivity index is 1.73. The van der Waals surface area contributed by atoms with Gasteiger partial charge in [0.15, 0.2) is 0 Å². The fourth-order valence-corrected chi connectivity index (χ4v) is 2.05. The van der Waals surface area contributed by atoms with Crippen molar-refractivity contribution >= 4 is 11.5 Å². The third kappa shape index (κ3) is 2.18. The quantitative estimate of drug-likeness (QED) is 0.795. The Bertz CT molecular complexity index is 519. The largest absolute Gasteiger partial charge is 0.261 e. The number of nitrogens with zero attached hydrogens (tertiary/aromatic N) is 2. The van der Waals surface area contributed by atoms with Gasteiger partial charge in [-0.15, -0.1) is 0 Å². The van der Waals surface area contributed by atoms with E-state index in [0.717, 1.165) is 24.4 Å². The summed E-state index contributed by atoms with van der Waals surface area (Å²) in [5.74, 6) is 0.788. The van der Waals surface area contributed by atoms with Crippen LogP contribution in [0.15, 0.2) is 53.8 Å². The lowest BCUT2D eigenvalue weighted by atomic mass is 10.1. The lowest BCUT2D eigenvalue weighted by Gasteiger charge is -1.99. The molecule has 0 amide bonds. The van der Waals surface area contributed by atoms with E-state index in [4.69, 9.17) is 0 Å². The molecule has 0 unspecified atom stereocenters. The van der Waals surface area contributed by atoms with Gasteiger partial charge in [0.2, 0.25) is 0 Å². The van der Waals surface area contributed by atoms with Crippen molar-refractivity contribution in [3.8, 4) is 0 Å². The number of hydrogen-bond acceptors (Lipinski definition) is 3. The third-order valence-corrected chi connectivity index (χ3v) is 2.90. The first-order valence-electron chi connectivity index (χ1n) is 5.71. The highest BCUT2D eigenvalue weighted by Crippen LogP contribution is 2.19. The number of aromatic nitrogens is 1. The van der Waals surface area contributed by atoms with Gasteiger partial charge in [0.1, 0.15) is 5.82 Å². The van der Waals surface area contributed by atoms with Gasteiger partial charge >= 0.3 is 0 Å². The van der Waals surface area contributed by atoms with Crippen LogP contribution in [0, 0.1) is 0 Å². The van der Waals surface area contributed by atoms with E-state index in [0.29, 0.717) is 0 Å². The molecular formula is C14H13N3. The molecule has 1 aromatic carbocycles. The van der Waals surface area contributed by atoms with Crippen LogP contribution in [0.5, 0.6) is 0 Å². The number of hydrazone groups is 1. The summed E-state index contributed by atoms with van der Waals surface area (Å²) in [6, 6.07) is 14.2. The van der Waals surface area contributed by atoms with Crippen molar-refractivity contribution in [1.29, 1.82) is 0 Å². The Morgan fingerprint density at radius 2 is 1.65 bits per heavy atom. The van der Waals surface area contributed by atoms with Crippen LogP contribution in [0.3, 0.4) is 0 Å². The van der Waals surface area contributed by atoms with Crippen LogP contribution in [0.4, 0.5) is 5.82 Å². The van der Waals surface area contributed by atoms with Crippen molar-refractivity contribution in [2.45, 2.75) is 12.8 Å². The van der Waals surface area contributed by atoms with Crippen molar-refractivity contribution in [1.82, 2.24) is 4.98 Å². The van der Waals surface area contributed by atoms with Gasteiger partial charge in [-0.1, -0.05) is 30.3 Å². The van der Waals surface area contributed by atoms with Crippen molar-refractivity contribution in [2.24, 2.45) is 5.10 Å². The highest BCUT2D eigenvalue weighted by atomic mass is 15.3. The molecule has 0 bridgehead atoms. The molecule has 84 valence electrons. The second-order valence-corrected chi connectivity index (χ2v) is 4.13. The summed E-state index contributed by atoms with van der Waals surface area (Å²) in [6.45, 7) is 0. The molecule has 3 rings (SSSR count). The topological polar surface area (TPSA) is 37.3 Å². The summed E-state index contributed by atoms with van der Waals surface area (Å²) in [7, 11) is 0. The van der Waals surface area contributed by atoms with Gasteiger partial charge in [-0.25, -0.2) is 4.98 Å². The molecule has 3 nitrogen and oxygen atoms in total. The van der Waals surface area contributed by atoms with Crippen molar-refractivity contribution in [2.75, 3.05) is 5.43 Å². The Kier molecular flexibility index (Phi) is 2.58. The minimum absolute atomic E-state index is 0.788. The molecule has 0 aliphatic heterocycles. The maximum atomic E-state index is 4.41. The van der Waals surface area contributed by atoms with Crippen LogP contribution in [-0.4, -0.2) is 10.7 Å². The first-order valence-corrected chi connectivity index (χ1v) is 5.71. The number of anilines is 1. The van der Waals surface area contributed by atoms with Gasteiger partial charge in [0.05, 0.1) is 0 Å². The molecule has 0 spiro atoms. The first-order chi connectivity index (χ1) is 8.42. The minimum Gasteiger partial charge on any atom is -0.261 e. The smallest absolute Gasteiger partial charge is 0.146 e. The van der Waals surface area contributed by atoms with Crippen LogP contribution in [0.25, 0.3) is 0 Å². The van der Waals surface area contributed by atoms with Gasteiger partial charge in [0, 0.05) is 24.8 Å². The summed E-state index contributed by atoms with van der Waals surface area (Å²) in [5, 5.41) is 4.41. The first kappa shape index (κ1) is 10.0. The molecule has 2 aromatic rings. The maximum absolute atomic E-state index is 4.41. The van der Waals surface area contributed by atoms with E-state index >= 15 is 0 Å². The molecule has 0 radical (unpaired) electrons. The lowest BCUT2D eigenvalue weighted by molar-refractivity contribution is 1.20. The van der Waals surface area contributed by atoms with Crippen molar-refractivity contribution in [3.63, 3.8) is 0 Å². The second-order valence-electron chi connectivity index (χ2n) is 4.13. The molecule has 3 heteroatoms. The van der Waals surface area contributed by atoms with Crippen LogP contribution in [-0.2, 0) is 12.8 Å². The Morgan fingerprint density at radius 3 is 2.29 bits per heavy atom. The van der Waals surface area contributed by atoms with Crippen LogP contribution >= 0.6 is 0 Å². The van der Waals surface area contributed by atoms with Crippen LogP contribution in [0.2, 0.25) is 0 Å². The molecule has 1 aromatic heterocycles. The highest BCUT2D eigenvalue weighted by Gasteiger charge is 2.15. The Morgan fingerprint density at radius 1 is 0.941 bits per heavy atom. The fraction of sp³-hybridized carbons (Fsp3) is 0.143. The number of rotatable bonds is 2. The maximum Gasteiger partial charge on any atom is 0.146 e. The summed E-state index contributed by atoms with van der Waals surface area (Å²) >= 11 is 0. The Hall–Kier alpha value is -2.16. The van der Waals surface area contributed by atoms with E-state index in [1.54, 1.807) is 6.20 Å². The standard InChI is InChI=1S/C14H13N3/c1-2-6-12-10-13(9-11(12)5-1)16-17-14-7-3-4-8-15-14/h1-8H,9-10H2,(H,15,17). The van der Waals surface area contributed by atoms with E-state index in [9.17, 15) is 0 Å². The zero-order valence-corrected chi connectivity index (χ0v) is 9.43. The molecule has 0 atom stereocenters. The number of pyridine rings is 1. The van der Waals surface area contributed by atoms with Gasteiger partial charge in [0.25, 0.3) is 0 Å². The molecule has 1 heterocycles. The number of benzene rings is 1. The van der Waals surface area contributed by atoms with Crippen molar-refractivity contribution < 1.29 is 0 Å². The molecule has 1 N–H and O–H groups in total. The molecule has 17 heavy (non-hydrogen) atoms. The van der Waals surface area contributed by atoms with E-state index < -0.39 is 0 Å². The predicted octanol–water partition coefficient (Wildman–Crippen LogP) is 2.65. The average Bonchev–Trinajstić information content (AvgIpc) is 2.80. The Labute approximate surface area is 100 Å². The van der Waals surface area contributed by atoms with Gasteiger partial charge in [-0.3, -0.25) is 5.43 Å². The highest BCUT2D eigenvalue weighted by molar-refractivity contribution is 5.93. The summed E-state index contributed by atoms with van der Waals surface area (Å²) in [4.78, 5) is 4.17. The zero-order chi connectivity index (χ0) is 11.5. The van der Waals surface area contributed by atoms with Crippen molar-refractivity contribution in [3.05, 3.63) is 59.8 Å². The van der Waals surface area contributed by atoms with E-state index in [1.165, 1.54) is 11.1 Å². The van der Waals surface area contributed by atoms with E-state index in [1.807, 2.05) is 18.2 Å². The van der Waals surface area contributed by atoms with Gasteiger partial charge in [-0.2, -0.15) is 5.10 Å². The third-order valence-electron chi connectivity index (χ3n) is 2.90. The molecule has 0 saturated heterocycles. The summed E-state index contributed by atoms with van der Waals surface area (Å²) in [6.07, 6.45) is 3.64. The molecule has 0 saturated carbocycles. The lowest BCUT2D eigenvalue weighted by Crippen LogP contribution is -2.02. The van der Waals surface area contributed by atoms with Crippen LogP contribution in [0.1, 0.15) is 11.1 Å². The SMILES string of the molecule is c1ccc(NN=C2Cc3ccccc3C2)nc1. The average molecular weight is 223 g/mol. The molecular weight excluding hydrogens is 210 g/mol. The van der Waals surface area contributed by atoms with Crippen LogP contribution < -0.4 is 5.43 Å². The van der Waals surface area contributed by atoms with Gasteiger partial charge in [-0.05, 0) is 23.3 Å². The van der Waals surface area contributed by atoms with E-state index in [2.05, 4.69) is 39.8 Å². The summed E-state index contributed by atoms with van der Waals surface area (Å²) < 4.78 is 0. The van der Waals surface area contributed by atoms with Gasteiger partial charge < -0.3 is 0 Å². The number of fused-ring (bicyclic) bond motifs is 1. The number of nitrogens with one attached hydrogen (secondary N) is 1. The molecule has 0 fully saturated rings. The zero-order valence-electron chi connectivity index (χ0n) is 9.43. The molecule has 1 aliphatic rings. The monoisotopic (exact) mass is 223 g/mol. The second kappa shape index (κ2) is 4.37. The minimum atomic E-state index is 0.788. The number of hydrogen-bond donors (Lipinski definition) is 1. The summed E-state index contributed by atoms with van der Waals surface area (Å²) in [5.41, 5.74) is 6.93. The predicted molar refractivity (Wildman–Crippen MR) is 69.1 cm³/mol. The normalized spacial score (nSPS) is 13.3. The molecule has 1 aliphatic carbocycles. The van der Waals surface area contributed by atoms with E-state index in [-0.39, 0.29) is 0 Å².